The first-order valence-corrected chi connectivity index (χ1v) is 5.21. The minimum absolute atomic E-state index is 0.0278. The number of aromatic nitrogens is 1. The molecule has 1 heterocycles. The van der Waals surface area contributed by atoms with Crippen LogP contribution in [0.3, 0.4) is 0 Å². The molecule has 0 bridgehead atoms. The smallest absolute Gasteiger partial charge is 0.211 e. The van der Waals surface area contributed by atoms with Gasteiger partial charge in [0.05, 0.1) is 0 Å². The van der Waals surface area contributed by atoms with Gasteiger partial charge in [0.15, 0.2) is 0 Å². The maximum absolute atomic E-state index is 12.0. The predicted octanol–water partition coefficient (Wildman–Crippen LogP) is 2.93. The molecule has 1 aromatic heterocycles. The Morgan fingerprint density at radius 3 is 2.12 bits per heavy atom. The van der Waals surface area contributed by atoms with Gasteiger partial charge in [0.2, 0.25) is 5.78 Å². The van der Waals surface area contributed by atoms with Crippen LogP contribution in [0.2, 0.25) is 0 Å². The van der Waals surface area contributed by atoms with Crippen LogP contribution in [0.15, 0.2) is 42.6 Å². The Hall–Kier alpha value is -1.96. The van der Waals surface area contributed by atoms with E-state index < -0.39 is 0 Å². The van der Waals surface area contributed by atoms with Gasteiger partial charge >= 0.3 is 0 Å². The average molecular weight is 211 g/mol. The molecule has 0 aliphatic rings. The number of ketones is 1. The van der Waals surface area contributed by atoms with Crippen molar-refractivity contribution in [1.29, 1.82) is 0 Å². The van der Waals surface area contributed by atoms with Crippen LogP contribution in [-0.4, -0.2) is 10.8 Å². The van der Waals surface area contributed by atoms with Gasteiger partial charge in [-0.15, -0.1) is 0 Å². The van der Waals surface area contributed by atoms with Gasteiger partial charge in [-0.3, -0.25) is 9.78 Å². The van der Waals surface area contributed by atoms with Crippen LogP contribution in [0.25, 0.3) is 0 Å². The zero-order valence-corrected chi connectivity index (χ0v) is 9.40. The van der Waals surface area contributed by atoms with Gasteiger partial charge in [-0.05, 0) is 25.5 Å². The summed E-state index contributed by atoms with van der Waals surface area (Å²) in [6.45, 7) is 3.95. The Balaban J connectivity index is 2.32. The number of hydrogen-bond donors (Lipinski definition) is 0. The minimum Gasteiger partial charge on any atom is -0.287 e. The number of aryl methyl sites for hydroxylation is 2. The SMILES string of the molecule is Cc1ccc(C(=O)c2ccc(C)cn2)cc1. The van der Waals surface area contributed by atoms with Crippen LogP contribution in [0.4, 0.5) is 0 Å². The molecule has 0 N–H and O–H groups in total. The molecule has 0 amide bonds. The Kier molecular flexibility index (Phi) is 2.82. The van der Waals surface area contributed by atoms with E-state index in [1.165, 1.54) is 0 Å². The van der Waals surface area contributed by atoms with Crippen LogP contribution in [0.1, 0.15) is 27.2 Å². The maximum atomic E-state index is 12.0. The second-order valence-electron chi connectivity index (χ2n) is 3.92. The molecule has 2 heteroatoms. The number of benzene rings is 1. The highest BCUT2D eigenvalue weighted by atomic mass is 16.1. The third-order valence-electron chi connectivity index (χ3n) is 2.46. The van der Waals surface area contributed by atoms with E-state index in [0.29, 0.717) is 11.3 Å². The van der Waals surface area contributed by atoms with Gasteiger partial charge in [-0.1, -0.05) is 35.9 Å². The van der Waals surface area contributed by atoms with Crippen LogP contribution >= 0.6 is 0 Å². The quantitative estimate of drug-likeness (QED) is 0.715. The highest BCUT2D eigenvalue weighted by molar-refractivity contribution is 6.07. The fourth-order valence-electron chi connectivity index (χ4n) is 1.45. The van der Waals surface area contributed by atoms with E-state index in [2.05, 4.69) is 4.98 Å². The molecular weight excluding hydrogens is 198 g/mol. The summed E-state index contributed by atoms with van der Waals surface area (Å²) in [6, 6.07) is 11.2. The van der Waals surface area contributed by atoms with E-state index in [1.54, 1.807) is 12.3 Å². The molecule has 0 aliphatic carbocycles. The Bertz CT molecular complexity index is 450. The van der Waals surface area contributed by atoms with Crippen LogP contribution < -0.4 is 0 Å². The van der Waals surface area contributed by atoms with E-state index in [0.717, 1.165) is 11.1 Å². The standard InChI is InChI=1S/C14H13NO/c1-10-3-6-12(7-4-10)14(16)13-8-5-11(2)9-15-13/h3-9H,1-2H3. The molecule has 2 nitrogen and oxygen atoms in total. The summed E-state index contributed by atoms with van der Waals surface area (Å²) >= 11 is 0. The first-order valence-electron chi connectivity index (χ1n) is 5.21. The summed E-state index contributed by atoms with van der Waals surface area (Å²) in [7, 11) is 0. The monoisotopic (exact) mass is 211 g/mol. The molecule has 2 rings (SSSR count). The van der Waals surface area contributed by atoms with Crippen molar-refractivity contribution in [2.24, 2.45) is 0 Å². The summed E-state index contributed by atoms with van der Waals surface area (Å²) in [5.74, 6) is -0.0278. The van der Waals surface area contributed by atoms with Gasteiger partial charge in [-0.2, -0.15) is 0 Å². The number of hydrogen-bond acceptors (Lipinski definition) is 2. The topological polar surface area (TPSA) is 30.0 Å². The third kappa shape index (κ3) is 2.16. The van der Waals surface area contributed by atoms with Crippen molar-refractivity contribution in [3.8, 4) is 0 Å². The van der Waals surface area contributed by atoms with Crippen molar-refractivity contribution in [3.63, 3.8) is 0 Å². The predicted molar refractivity (Wildman–Crippen MR) is 63.6 cm³/mol. The lowest BCUT2D eigenvalue weighted by Crippen LogP contribution is -2.03. The van der Waals surface area contributed by atoms with Gasteiger partial charge in [0, 0.05) is 11.8 Å². The van der Waals surface area contributed by atoms with Gasteiger partial charge in [-0.25, -0.2) is 0 Å². The summed E-state index contributed by atoms with van der Waals surface area (Å²) < 4.78 is 0. The fraction of sp³-hybridized carbons (Fsp3) is 0.143. The maximum Gasteiger partial charge on any atom is 0.211 e. The molecule has 2 aromatic rings. The second-order valence-corrected chi connectivity index (χ2v) is 3.92. The zero-order chi connectivity index (χ0) is 11.5. The first kappa shape index (κ1) is 10.6. The molecule has 0 spiro atoms. The average Bonchev–Trinajstić information content (AvgIpc) is 2.30. The van der Waals surface area contributed by atoms with Crippen LogP contribution in [0.5, 0.6) is 0 Å². The summed E-state index contributed by atoms with van der Waals surface area (Å²) in [5.41, 5.74) is 3.38. The molecule has 0 atom stereocenters. The largest absolute Gasteiger partial charge is 0.287 e. The number of pyridine rings is 1. The zero-order valence-electron chi connectivity index (χ0n) is 9.40. The van der Waals surface area contributed by atoms with Crippen LogP contribution in [-0.2, 0) is 0 Å². The molecule has 16 heavy (non-hydrogen) atoms. The lowest BCUT2D eigenvalue weighted by atomic mass is 10.1. The Morgan fingerprint density at radius 2 is 1.56 bits per heavy atom. The van der Waals surface area contributed by atoms with Gasteiger partial charge in [0.25, 0.3) is 0 Å². The molecule has 0 saturated carbocycles. The third-order valence-corrected chi connectivity index (χ3v) is 2.46. The summed E-state index contributed by atoms with van der Waals surface area (Å²) in [5, 5.41) is 0. The lowest BCUT2D eigenvalue weighted by Gasteiger charge is -2.01. The van der Waals surface area contributed by atoms with Crippen molar-refractivity contribution in [1.82, 2.24) is 4.98 Å². The molecule has 0 radical (unpaired) electrons. The van der Waals surface area contributed by atoms with Crippen molar-refractivity contribution in [2.75, 3.05) is 0 Å². The molecule has 1 aromatic carbocycles. The summed E-state index contributed by atoms with van der Waals surface area (Å²) in [6.07, 6.45) is 1.71. The molecule has 0 saturated heterocycles. The van der Waals surface area contributed by atoms with Crippen molar-refractivity contribution in [2.45, 2.75) is 13.8 Å². The van der Waals surface area contributed by atoms with E-state index >= 15 is 0 Å². The van der Waals surface area contributed by atoms with E-state index in [4.69, 9.17) is 0 Å². The van der Waals surface area contributed by atoms with Crippen LogP contribution in [0, 0.1) is 13.8 Å². The van der Waals surface area contributed by atoms with Gasteiger partial charge < -0.3 is 0 Å². The number of carbonyl (C=O) groups excluding carboxylic acids is 1. The van der Waals surface area contributed by atoms with Gasteiger partial charge in [0.1, 0.15) is 5.69 Å². The van der Waals surface area contributed by atoms with E-state index in [1.807, 2.05) is 44.2 Å². The summed E-state index contributed by atoms with van der Waals surface area (Å²) in [4.78, 5) is 16.1. The molecule has 80 valence electrons. The Morgan fingerprint density at radius 1 is 0.938 bits per heavy atom. The van der Waals surface area contributed by atoms with E-state index in [9.17, 15) is 4.79 Å². The minimum atomic E-state index is -0.0278. The Labute approximate surface area is 95.0 Å². The van der Waals surface area contributed by atoms with Crippen molar-refractivity contribution < 1.29 is 4.79 Å². The number of carbonyl (C=O) groups is 1. The fourth-order valence-corrected chi connectivity index (χ4v) is 1.45. The highest BCUT2D eigenvalue weighted by Gasteiger charge is 2.09. The van der Waals surface area contributed by atoms with E-state index in [-0.39, 0.29) is 5.78 Å². The van der Waals surface area contributed by atoms with Crippen molar-refractivity contribution in [3.05, 3.63) is 65.0 Å². The van der Waals surface area contributed by atoms with Crippen molar-refractivity contribution >= 4 is 5.78 Å². The molecule has 0 unspecified atom stereocenters. The molecule has 0 fully saturated rings. The number of rotatable bonds is 2. The second kappa shape index (κ2) is 4.27. The molecule has 0 aliphatic heterocycles. The highest BCUT2D eigenvalue weighted by Crippen LogP contribution is 2.09. The number of nitrogens with zero attached hydrogens (tertiary/aromatic N) is 1. The normalized spacial score (nSPS) is 10.1. The lowest BCUT2D eigenvalue weighted by molar-refractivity contribution is 0.103. The molecular formula is C14H13NO. The first-order chi connectivity index (χ1) is 7.66.